The minimum absolute atomic E-state index is 0.0395. The topological polar surface area (TPSA) is 102 Å². The van der Waals surface area contributed by atoms with Crippen molar-refractivity contribution in [2.24, 2.45) is 0 Å². The molecule has 1 aromatic rings. The largest absolute Gasteiger partial charge is 0.495 e. The minimum Gasteiger partial charge on any atom is -0.495 e. The number of sulfonamides is 1. The predicted octanol–water partition coefficient (Wildman–Crippen LogP) is 0.635. The predicted molar refractivity (Wildman–Crippen MR) is 73.6 cm³/mol. The van der Waals surface area contributed by atoms with Crippen LogP contribution in [0.15, 0.2) is 17.0 Å². The summed E-state index contributed by atoms with van der Waals surface area (Å²) in [5, 5.41) is 9.57. The van der Waals surface area contributed by atoms with Crippen LogP contribution in [0.5, 0.6) is 5.75 Å². The van der Waals surface area contributed by atoms with E-state index in [0.29, 0.717) is 5.69 Å². The summed E-state index contributed by atoms with van der Waals surface area (Å²) in [6, 6.07) is 2.91. The number of methoxy groups -OCH3 is 1. The third kappa shape index (κ3) is 4.09. The number of nitrogens with one attached hydrogen (secondary N) is 1. The van der Waals surface area contributed by atoms with Crippen LogP contribution >= 0.6 is 0 Å². The third-order valence-corrected chi connectivity index (χ3v) is 3.96. The Morgan fingerprint density at radius 1 is 1.42 bits per heavy atom. The lowest BCUT2D eigenvalue weighted by Gasteiger charge is -2.19. The van der Waals surface area contributed by atoms with Crippen molar-refractivity contribution in [2.75, 3.05) is 19.4 Å². The van der Waals surface area contributed by atoms with Gasteiger partial charge in [-0.3, -0.25) is 0 Å². The van der Waals surface area contributed by atoms with Gasteiger partial charge >= 0.3 is 0 Å². The molecule has 6 nitrogen and oxygen atoms in total. The molecule has 0 atom stereocenters. The molecule has 0 fully saturated rings. The number of nitrogens with two attached hydrogens (primary N) is 1. The molecule has 0 radical (unpaired) electrons. The van der Waals surface area contributed by atoms with Crippen molar-refractivity contribution in [3.63, 3.8) is 0 Å². The fourth-order valence-corrected chi connectivity index (χ4v) is 2.78. The number of anilines is 1. The van der Waals surface area contributed by atoms with Crippen molar-refractivity contribution >= 4 is 15.7 Å². The van der Waals surface area contributed by atoms with E-state index >= 15 is 0 Å². The molecule has 0 unspecified atom stereocenters. The molecule has 108 valence electrons. The first-order valence-electron chi connectivity index (χ1n) is 5.73. The Kier molecular flexibility index (Phi) is 4.44. The molecule has 0 spiro atoms. The summed E-state index contributed by atoms with van der Waals surface area (Å²) in [7, 11) is -2.40. The van der Waals surface area contributed by atoms with Crippen LogP contribution < -0.4 is 15.2 Å². The fourth-order valence-electron chi connectivity index (χ4n) is 1.40. The highest BCUT2D eigenvalue weighted by atomic mass is 32.2. The van der Waals surface area contributed by atoms with Gasteiger partial charge in [-0.2, -0.15) is 0 Å². The lowest BCUT2D eigenvalue weighted by Crippen LogP contribution is -2.38. The Morgan fingerprint density at radius 2 is 2.00 bits per heavy atom. The number of hydrogen-bond acceptors (Lipinski definition) is 5. The first-order valence-corrected chi connectivity index (χ1v) is 7.21. The summed E-state index contributed by atoms with van der Waals surface area (Å²) in [6.07, 6.45) is 0. The fraction of sp³-hybridized carbons (Fsp3) is 0.500. The zero-order chi connectivity index (χ0) is 14.8. The van der Waals surface area contributed by atoms with E-state index in [1.807, 2.05) is 0 Å². The van der Waals surface area contributed by atoms with E-state index in [9.17, 15) is 13.5 Å². The van der Waals surface area contributed by atoms with Gasteiger partial charge in [0.25, 0.3) is 0 Å². The molecule has 19 heavy (non-hydrogen) atoms. The van der Waals surface area contributed by atoms with Crippen LogP contribution in [-0.2, 0) is 10.0 Å². The summed E-state index contributed by atoms with van der Waals surface area (Å²) in [6.45, 7) is 4.68. The quantitative estimate of drug-likeness (QED) is 0.690. The molecule has 0 aliphatic carbocycles. The Bertz CT molecular complexity index is 562. The molecule has 0 amide bonds. The molecule has 0 heterocycles. The van der Waals surface area contributed by atoms with E-state index in [1.54, 1.807) is 13.0 Å². The van der Waals surface area contributed by atoms with Gasteiger partial charge in [-0.15, -0.1) is 0 Å². The van der Waals surface area contributed by atoms with Gasteiger partial charge in [0.2, 0.25) is 10.0 Å². The zero-order valence-corrected chi connectivity index (χ0v) is 12.3. The van der Waals surface area contributed by atoms with Crippen molar-refractivity contribution < 1.29 is 18.3 Å². The summed E-state index contributed by atoms with van der Waals surface area (Å²) >= 11 is 0. The van der Waals surface area contributed by atoms with Crippen molar-refractivity contribution in [1.82, 2.24) is 4.72 Å². The van der Waals surface area contributed by atoms with Gasteiger partial charge in [0.05, 0.1) is 12.7 Å². The van der Waals surface area contributed by atoms with Crippen LogP contribution in [0.4, 0.5) is 5.69 Å². The van der Waals surface area contributed by atoms with Gasteiger partial charge < -0.3 is 15.6 Å². The Hall–Kier alpha value is -1.31. The molecular weight excluding hydrogens is 268 g/mol. The highest BCUT2D eigenvalue weighted by molar-refractivity contribution is 7.89. The Morgan fingerprint density at radius 3 is 2.47 bits per heavy atom. The SMILES string of the molecule is COc1cc(C)c(N)cc1S(=O)(=O)NCC(C)(C)O. The van der Waals surface area contributed by atoms with Crippen LogP contribution in [-0.4, -0.2) is 32.8 Å². The molecule has 7 heteroatoms. The van der Waals surface area contributed by atoms with Crippen molar-refractivity contribution in [1.29, 1.82) is 0 Å². The van der Waals surface area contributed by atoms with E-state index < -0.39 is 15.6 Å². The van der Waals surface area contributed by atoms with E-state index in [2.05, 4.69) is 4.72 Å². The monoisotopic (exact) mass is 288 g/mol. The number of hydrogen-bond donors (Lipinski definition) is 3. The van der Waals surface area contributed by atoms with E-state index in [-0.39, 0.29) is 17.2 Å². The Balaban J connectivity index is 3.17. The molecule has 0 saturated heterocycles. The second-order valence-electron chi connectivity index (χ2n) is 5.00. The molecule has 1 rings (SSSR count). The Labute approximate surface area is 113 Å². The zero-order valence-electron chi connectivity index (χ0n) is 11.5. The average Bonchev–Trinajstić information content (AvgIpc) is 2.28. The molecule has 0 aliphatic heterocycles. The summed E-state index contributed by atoms with van der Waals surface area (Å²) in [5.74, 6) is 0.218. The maximum absolute atomic E-state index is 12.2. The van der Waals surface area contributed by atoms with Gasteiger partial charge in [-0.05, 0) is 38.5 Å². The standard InChI is InChI=1S/C12H20N2O4S/c1-8-5-10(18-4)11(6-9(8)13)19(16,17)14-7-12(2,3)15/h5-6,14-15H,7,13H2,1-4H3. The number of aliphatic hydroxyl groups is 1. The first-order chi connectivity index (χ1) is 8.57. The highest BCUT2D eigenvalue weighted by Gasteiger charge is 2.23. The van der Waals surface area contributed by atoms with Crippen LogP contribution in [0.2, 0.25) is 0 Å². The molecule has 0 saturated carbocycles. The second-order valence-corrected chi connectivity index (χ2v) is 6.73. The van der Waals surface area contributed by atoms with Gasteiger partial charge in [0.15, 0.2) is 0 Å². The van der Waals surface area contributed by atoms with Crippen molar-refractivity contribution in [3.8, 4) is 5.75 Å². The number of nitrogen functional groups attached to an aromatic ring is 1. The van der Waals surface area contributed by atoms with Crippen LogP contribution in [0.25, 0.3) is 0 Å². The molecule has 0 aromatic heterocycles. The normalized spacial score (nSPS) is 12.5. The van der Waals surface area contributed by atoms with Gasteiger partial charge in [-0.25, -0.2) is 13.1 Å². The van der Waals surface area contributed by atoms with Gasteiger partial charge in [-0.1, -0.05) is 0 Å². The van der Waals surface area contributed by atoms with Crippen LogP contribution in [0.3, 0.4) is 0 Å². The summed E-state index contributed by atoms with van der Waals surface area (Å²) < 4.78 is 31.7. The van der Waals surface area contributed by atoms with Gasteiger partial charge in [0.1, 0.15) is 10.6 Å². The summed E-state index contributed by atoms with van der Waals surface area (Å²) in [4.78, 5) is -0.0395. The first kappa shape index (κ1) is 15.7. The van der Waals surface area contributed by atoms with Crippen molar-refractivity contribution in [2.45, 2.75) is 31.3 Å². The molecule has 4 N–H and O–H groups in total. The molecule has 1 aromatic carbocycles. The lowest BCUT2D eigenvalue weighted by atomic mass is 10.1. The third-order valence-electron chi connectivity index (χ3n) is 2.54. The van der Waals surface area contributed by atoms with Crippen LogP contribution in [0, 0.1) is 6.92 Å². The van der Waals surface area contributed by atoms with Crippen LogP contribution in [0.1, 0.15) is 19.4 Å². The van der Waals surface area contributed by atoms with E-state index in [0.717, 1.165) is 5.56 Å². The average molecular weight is 288 g/mol. The lowest BCUT2D eigenvalue weighted by molar-refractivity contribution is 0.0857. The number of ether oxygens (including phenoxy) is 1. The second kappa shape index (κ2) is 5.36. The summed E-state index contributed by atoms with van der Waals surface area (Å²) in [5.41, 5.74) is 5.68. The van der Waals surface area contributed by atoms with Crippen molar-refractivity contribution in [3.05, 3.63) is 17.7 Å². The minimum atomic E-state index is -3.79. The molecule has 0 bridgehead atoms. The van der Waals surface area contributed by atoms with Gasteiger partial charge in [0, 0.05) is 12.2 Å². The maximum atomic E-state index is 12.2. The number of rotatable bonds is 5. The number of aryl methyl sites for hydroxylation is 1. The van der Waals surface area contributed by atoms with E-state index in [1.165, 1.54) is 27.0 Å². The smallest absolute Gasteiger partial charge is 0.244 e. The highest BCUT2D eigenvalue weighted by Crippen LogP contribution is 2.28. The maximum Gasteiger partial charge on any atom is 0.244 e. The van der Waals surface area contributed by atoms with E-state index in [4.69, 9.17) is 10.5 Å². The molecule has 0 aliphatic rings. The molecular formula is C12H20N2O4S. The number of benzene rings is 1.